The van der Waals surface area contributed by atoms with Gasteiger partial charge in [-0.25, -0.2) is 27.5 Å². The van der Waals surface area contributed by atoms with Crippen LogP contribution < -0.4 is 0 Å². The van der Waals surface area contributed by atoms with Gasteiger partial charge < -0.3 is 0 Å². The third-order valence-corrected chi connectivity index (χ3v) is 7.25. The number of halogens is 5. The van der Waals surface area contributed by atoms with E-state index in [-0.39, 0.29) is 0 Å². The van der Waals surface area contributed by atoms with Gasteiger partial charge in [0.2, 0.25) is 0 Å². The first-order valence-electron chi connectivity index (χ1n) is 9.35. The van der Waals surface area contributed by atoms with Crippen LogP contribution in [0.1, 0.15) is 0 Å². The normalized spacial score (nSPS) is 11.2. The van der Waals surface area contributed by atoms with Crippen molar-refractivity contribution in [3.05, 3.63) is 92.7 Å². The molecule has 0 spiro atoms. The van der Waals surface area contributed by atoms with Gasteiger partial charge >= 0.3 is 0 Å². The van der Waals surface area contributed by atoms with E-state index < -0.39 is 23.3 Å². The molecule has 0 fully saturated rings. The largest absolute Gasteiger partial charge is 0.297 e. The molecule has 4 heterocycles. The number of fused-ring (bicyclic) bond motifs is 2. The van der Waals surface area contributed by atoms with Crippen LogP contribution in [0.25, 0.3) is 32.4 Å². The van der Waals surface area contributed by atoms with Crippen molar-refractivity contribution in [3.8, 4) is 22.5 Å². The lowest BCUT2D eigenvalue weighted by Crippen LogP contribution is -1.89. The minimum atomic E-state index is -0.592. The molecule has 6 rings (SSSR count). The Labute approximate surface area is 205 Å². The number of thiazole rings is 2. The van der Waals surface area contributed by atoms with E-state index >= 15 is 0 Å². The van der Waals surface area contributed by atoms with Crippen molar-refractivity contribution in [3.63, 3.8) is 0 Å². The number of benzene rings is 2. The number of imidazole rings is 2. The van der Waals surface area contributed by atoms with E-state index in [1.54, 1.807) is 6.20 Å². The van der Waals surface area contributed by atoms with Crippen molar-refractivity contribution in [2.45, 2.75) is 0 Å². The average Bonchev–Trinajstić information content (AvgIpc) is 3.52. The van der Waals surface area contributed by atoms with Crippen molar-refractivity contribution in [1.82, 2.24) is 18.8 Å². The fourth-order valence-corrected chi connectivity index (χ4v) is 5.54. The molecule has 0 amide bonds. The minimum Gasteiger partial charge on any atom is -0.297 e. The van der Waals surface area contributed by atoms with Crippen LogP contribution >= 0.6 is 45.3 Å². The maximum Gasteiger partial charge on any atom is 0.195 e. The predicted molar refractivity (Wildman–Crippen MR) is 130 cm³/mol. The van der Waals surface area contributed by atoms with Gasteiger partial charge in [0.1, 0.15) is 32.7 Å². The molecule has 0 atom stereocenters. The molecule has 0 bridgehead atoms. The lowest BCUT2D eigenvalue weighted by Gasteiger charge is -2.00. The van der Waals surface area contributed by atoms with Crippen molar-refractivity contribution in [2.24, 2.45) is 0 Å². The van der Waals surface area contributed by atoms with E-state index in [9.17, 15) is 17.6 Å². The summed E-state index contributed by atoms with van der Waals surface area (Å²) in [6.45, 7) is 0. The van der Waals surface area contributed by atoms with Crippen LogP contribution in [0.3, 0.4) is 0 Å². The van der Waals surface area contributed by atoms with Gasteiger partial charge in [0.25, 0.3) is 0 Å². The fourth-order valence-electron chi connectivity index (χ4n) is 3.17. The number of rotatable bonds is 2. The molecule has 11 heteroatoms. The maximum absolute atomic E-state index is 13.7. The summed E-state index contributed by atoms with van der Waals surface area (Å²) in [5.41, 5.74) is 1.71. The zero-order chi connectivity index (χ0) is 23.1. The summed E-state index contributed by atoms with van der Waals surface area (Å²) in [5.74, 6) is -2.34. The molecule has 0 N–H and O–H groups in total. The second kappa shape index (κ2) is 8.88. The van der Waals surface area contributed by atoms with Crippen molar-refractivity contribution < 1.29 is 17.6 Å². The summed E-state index contributed by atoms with van der Waals surface area (Å²) >= 11 is 5.05. The molecule has 0 aliphatic rings. The van der Waals surface area contributed by atoms with Gasteiger partial charge in [0, 0.05) is 52.6 Å². The summed E-state index contributed by atoms with van der Waals surface area (Å²) in [6.07, 6.45) is 5.44. The van der Waals surface area contributed by atoms with Gasteiger partial charge in [-0.1, -0.05) is 0 Å². The molecule has 0 aliphatic carbocycles. The molecule has 166 valence electrons. The van der Waals surface area contributed by atoms with Gasteiger partial charge in [-0.05, 0) is 46.9 Å². The predicted octanol–water partition coefficient (Wildman–Crippen LogP) is 7.29. The van der Waals surface area contributed by atoms with Gasteiger partial charge in [-0.3, -0.25) is 8.80 Å². The summed E-state index contributed by atoms with van der Waals surface area (Å²) in [5, 5.41) is 3.81. The van der Waals surface area contributed by atoms with Gasteiger partial charge in [-0.15, -0.1) is 22.7 Å². The SMILES string of the molecule is Fc1ccc(-c2cn3ccsc3n2)c(F)c1.Fc1ccc(-c2nc3sccn3c2I)c(F)c1. The van der Waals surface area contributed by atoms with Crippen LogP contribution in [0.2, 0.25) is 0 Å². The van der Waals surface area contributed by atoms with E-state index in [0.29, 0.717) is 22.5 Å². The molecule has 33 heavy (non-hydrogen) atoms. The van der Waals surface area contributed by atoms with Crippen LogP contribution in [0, 0.1) is 27.0 Å². The molecular weight excluding hydrogens is 587 g/mol. The maximum atomic E-state index is 13.7. The molecule has 4 aromatic heterocycles. The molecule has 0 saturated heterocycles. The highest BCUT2D eigenvalue weighted by Gasteiger charge is 2.16. The second-order valence-corrected chi connectivity index (χ2v) is 9.54. The summed E-state index contributed by atoms with van der Waals surface area (Å²) in [4.78, 5) is 10.2. The van der Waals surface area contributed by atoms with E-state index in [2.05, 4.69) is 32.6 Å². The first-order valence-corrected chi connectivity index (χ1v) is 12.2. The standard InChI is InChI=1S/C11H5F2IN2S.C11H6F2N2S/c12-6-1-2-7(8(13)5-6)9-10(14)16-3-4-17-11(16)15-9;12-7-1-2-8(9(13)5-7)10-6-15-3-4-16-11(15)14-10/h1-5H;1-6H. The molecule has 6 aromatic rings. The first kappa shape index (κ1) is 22.0. The topological polar surface area (TPSA) is 34.6 Å². The third kappa shape index (κ3) is 4.27. The van der Waals surface area contributed by atoms with Crippen LogP contribution in [0.15, 0.2) is 65.7 Å². The quantitative estimate of drug-likeness (QED) is 0.155. The van der Waals surface area contributed by atoms with E-state index in [1.165, 1.54) is 46.9 Å². The van der Waals surface area contributed by atoms with Crippen molar-refractivity contribution in [2.75, 3.05) is 0 Å². The highest BCUT2D eigenvalue weighted by molar-refractivity contribution is 14.1. The Morgan fingerprint density at radius 2 is 1.39 bits per heavy atom. The second-order valence-electron chi connectivity index (χ2n) is 6.77. The molecule has 4 nitrogen and oxygen atoms in total. The Kier molecular flexibility index (Phi) is 5.93. The summed E-state index contributed by atoms with van der Waals surface area (Å²) in [7, 11) is 0. The highest BCUT2D eigenvalue weighted by Crippen LogP contribution is 2.30. The minimum absolute atomic E-state index is 0.317. The molecular formula is C22H11F4IN4S2. The van der Waals surface area contributed by atoms with Crippen molar-refractivity contribution >= 4 is 55.2 Å². The van der Waals surface area contributed by atoms with E-state index in [0.717, 1.165) is 25.8 Å². The average molecular weight is 598 g/mol. The van der Waals surface area contributed by atoms with Gasteiger partial charge in [0.15, 0.2) is 9.92 Å². The van der Waals surface area contributed by atoms with Gasteiger partial charge in [0.05, 0.1) is 5.69 Å². The number of hydrogen-bond donors (Lipinski definition) is 0. The molecule has 0 aliphatic heterocycles. The van der Waals surface area contributed by atoms with E-state index in [1.807, 2.05) is 32.0 Å². The molecule has 0 saturated carbocycles. The van der Waals surface area contributed by atoms with Crippen LogP contribution in [-0.2, 0) is 0 Å². The molecule has 0 unspecified atom stereocenters. The Hall–Kier alpha value is -2.77. The summed E-state index contributed by atoms with van der Waals surface area (Å²) < 4.78 is 57.2. The summed E-state index contributed by atoms with van der Waals surface area (Å²) in [6, 6.07) is 7.02. The first-order chi connectivity index (χ1) is 15.9. The Bertz CT molecular complexity index is 1570. The van der Waals surface area contributed by atoms with Crippen LogP contribution in [0.5, 0.6) is 0 Å². The smallest absolute Gasteiger partial charge is 0.195 e. The monoisotopic (exact) mass is 598 g/mol. The lowest BCUT2D eigenvalue weighted by molar-refractivity contribution is 0.584. The number of aromatic nitrogens is 4. The van der Waals surface area contributed by atoms with Gasteiger partial charge in [-0.2, -0.15) is 0 Å². The third-order valence-electron chi connectivity index (χ3n) is 4.69. The Morgan fingerprint density at radius 1 is 0.758 bits per heavy atom. The Balaban J connectivity index is 0.000000139. The number of nitrogens with zero attached hydrogens (tertiary/aromatic N) is 4. The highest BCUT2D eigenvalue weighted by atomic mass is 127. The van der Waals surface area contributed by atoms with Crippen LogP contribution in [-0.4, -0.2) is 18.8 Å². The number of hydrogen-bond acceptors (Lipinski definition) is 4. The molecule has 2 aromatic carbocycles. The lowest BCUT2D eigenvalue weighted by atomic mass is 10.1. The van der Waals surface area contributed by atoms with Crippen molar-refractivity contribution in [1.29, 1.82) is 0 Å². The van der Waals surface area contributed by atoms with Crippen LogP contribution in [0.4, 0.5) is 17.6 Å². The zero-order valence-electron chi connectivity index (χ0n) is 16.3. The molecule has 0 radical (unpaired) electrons. The Morgan fingerprint density at radius 3 is 2.03 bits per heavy atom. The fraction of sp³-hybridized carbons (Fsp3) is 0. The zero-order valence-corrected chi connectivity index (χ0v) is 20.1. The van der Waals surface area contributed by atoms with E-state index in [4.69, 9.17) is 0 Å².